The first kappa shape index (κ1) is 13.1. The molecule has 18 heavy (non-hydrogen) atoms. The first-order valence-electron chi connectivity index (χ1n) is 5.40. The van der Waals surface area contributed by atoms with Gasteiger partial charge in [-0.15, -0.1) is 0 Å². The minimum atomic E-state index is -0.661. The summed E-state index contributed by atoms with van der Waals surface area (Å²) in [5.74, 6) is 0.162. The summed E-state index contributed by atoms with van der Waals surface area (Å²) in [4.78, 5) is 21.9. The Balaban J connectivity index is 2.21. The van der Waals surface area contributed by atoms with E-state index in [0.717, 1.165) is 18.9 Å². The van der Waals surface area contributed by atoms with Crippen LogP contribution in [0.1, 0.15) is 23.2 Å². The Morgan fingerprint density at radius 3 is 2.67 bits per heavy atom. The lowest BCUT2D eigenvalue weighted by Gasteiger charge is -2.05. The van der Waals surface area contributed by atoms with Gasteiger partial charge in [-0.3, -0.25) is 14.9 Å². The van der Waals surface area contributed by atoms with Crippen molar-refractivity contribution < 1.29 is 9.72 Å². The molecule has 5 nitrogen and oxygen atoms in total. The molecule has 0 unspecified atom stereocenters. The van der Waals surface area contributed by atoms with Crippen LogP contribution in [0.5, 0.6) is 0 Å². The largest absolute Gasteiger partial charge is 0.352 e. The second-order valence-corrected chi connectivity index (χ2v) is 4.99. The van der Waals surface area contributed by atoms with Gasteiger partial charge in [0.15, 0.2) is 0 Å². The Morgan fingerprint density at radius 1 is 1.44 bits per heavy atom. The highest BCUT2D eigenvalue weighted by molar-refractivity contribution is 6.43. The van der Waals surface area contributed by atoms with E-state index in [1.807, 2.05) is 0 Å². The summed E-state index contributed by atoms with van der Waals surface area (Å²) in [7, 11) is 0. The summed E-state index contributed by atoms with van der Waals surface area (Å²) in [6.45, 7) is 0.590. The average Bonchev–Trinajstić information content (AvgIpc) is 3.12. The molecule has 0 heterocycles. The molecule has 0 atom stereocenters. The van der Waals surface area contributed by atoms with Crippen molar-refractivity contribution in [3.05, 3.63) is 37.9 Å². The van der Waals surface area contributed by atoms with E-state index in [2.05, 4.69) is 5.32 Å². The van der Waals surface area contributed by atoms with Crippen LogP contribution in [-0.4, -0.2) is 17.4 Å². The number of hydrogen-bond donors (Lipinski definition) is 1. The summed E-state index contributed by atoms with van der Waals surface area (Å²) in [5.41, 5.74) is -0.211. The topological polar surface area (TPSA) is 72.2 Å². The van der Waals surface area contributed by atoms with E-state index in [-0.39, 0.29) is 27.2 Å². The van der Waals surface area contributed by atoms with Gasteiger partial charge in [-0.05, 0) is 24.8 Å². The van der Waals surface area contributed by atoms with Crippen LogP contribution in [0.15, 0.2) is 12.1 Å². The lowest BCUT2D eigenvalue weighted by molar-refractivity contribution is -0.384. The van der Waals surface area contributed by atoms with Gasteiger partial charge in [0, 0.05) is 18.2 Å². The second kappa shape index (κ2) is 5.12. The summed E-state index contributed by atoms with van der Waals surface area (Å²) < 4.78 is 0. The van der Waals surface area contributed by atoms with Gasteiger partial charge in [0.05, 0.1) is 9.95 Å². The molecule has 1 N–H and O–H groups in total. The van der Waals surface area contributed by atoms with Crippen LogP contribution in [0, 0.1) is 16.0 Å². The third-order valence-corrected chi connectivity index (χ3v) is 3.51. The standard InChI is InChI=1S/C11H10Cl2N2O3/c12-8-3-7(4-9(10(8)13)15(17)18)11(16)14-5-6-1-2-6/h3-4,6H,1-2,5H2,(H,14,16). The number of amides is 1. The van der Waals surface area contributed by atoms with Crippen molar-refractivity contribution in [2.75, 3.05) is 6.54 Å². The maximum absolute atomic E-state index is 11.8. The van der Waals surface area contributed by atoms with Crippen LogP contribution in [0.4, 0.5) is 5.69 Å². The third-order valence-electron chi connectivity index (χ3n) is 2.72. The third kappa shape index (κ3) is 2.91. The van der Waals surface area contributed by atoms with Crippen molar-refractivity contribution in [2.24, 2.45) is 5.92 Å². The fourth-order valence-electron chi connectivity index (χ4n) is 1.50. The molecule has 0 saturated heterocycles. The molecule has 0 spiro atoms. The fourth-order valence-corrected chi connectivity index (χ4v) is 1.89. The molecule has 0 radical (unpaired) electrons. The van der Waals surface area contributed by atoms with Gasteiger partial charge in [-0.25, -0.2) is 0 Å². The molecule has 96 valence electrons. The van der Waals surface area contributed by atoms with E-state index < -0.39 is 4.92 Å². The smallest absolute Gasteiger partial charge is 0.290 e. The molecule has 7 heteroatoms. The van der Waals surface area contributed by atoms with E-state index in [9.17, 15) is 14.9 Å². The number of nitro benzene ring substituents is 1. The van der Waals surface area contributed by atoms with Crippen LogP contribution in [-0.2, 0) is 0 Å². The van der Waals surface area contributed by atoms with E-state index in [1.165, 1.54) is 6.07 Å². The molecule has 0 aromatic heterocycles. The number of halogens is 2. The summed E-state index contributed by atoms with van der Waals surface area (Å²) >= 11 is 11.5. The van der Waals surface area contributed by atoms with Crippen molar-refractivity contribution in [1.82, 2.24) is 5.32 Å². The zero-order chi connectivity index (χ0) is 13.3. The Kier molecular flexibility index (Phi) is 3.73. The molecular formula is C11H10Cl2N2O3. The molecule has 0 bridgehead atoms. The first-order valence-corrected chi connectivity index (χ1v) is 6.16. The number of carbonyl (C=O) groups is 1. The molecule has 2 rings (SSSR count). The molecule has 1 aliphatic carbocycles. The highest BCUT2D eigenvalue weighted by Gasteiger charge is 2.23. The minimum absolute atomic E-state index is 0.00226. The zero-order valence-corrected chi connectivity index (χ0v) is 10.8. The Labute approximate surface area is 113 Å². The molecular weight excluding hydrogens is 279 g/mol. The Bertz CT molecular complexity index is 515. The van der Waals surface area contributed by atoms with Gasteiger partial charge in [-0.1, -0.05) is 23.2 Å². The predicted octanol–water partition coefficient (Wildman–Crippen LogP) is 3.04. The van der Waals surface area contributed by atoms with Gasteiger partial charge < -0.3 is 5.32 Å². The second-order valence-electron chi connectivity index (χ2n) is 4.20. The summed E-state index contributed by atoms with van der Waals surface area (Å²) in [6, 6.07) is 2.47. The highest BCUT2D eigenvalue weighted by Crippen LogP contribution is 2.33. The van der Waals surface area contributed by atoms with Gasteiger partial charge in [0.25, 0.3) is 11.6 Å². The van der Waals surface area contributed by atoms with Crippen molar-refractivity contribution in [2.45, 2.75) is 12.8 Å². The lowest BCUT2D eigenvalue weighted by atomic mass is 10.2. The van der Waals surface area contributed by atoms with Gasteiger partial charge in [0.1, 0.15) is 5.02 Å². The maximum Gasteiger partial charge on any atom is 0.290 e. The molecule has 0 aliphatic heterocycles. The van der Waals surface area contributed by atoms with E-state index in [4.69, 9.17) is 23.2 Å². The number of nitrogens with zero attached hydrogens (tertiary/aromatic N) is 1. The number of benzene rings is 1. The van der Waals surface area contributed by atoms with Crippen LogP contribution in [0.25, 0.3) is 0 Å². The van der Waals surface area contributed by atoms with Crippen molar-refractivity contribution >= 4 is 34.8 Å². The van der Waals surface area contributed by atoms with Gasteiger partial charge in [-0.2, -0.15) is 0 Å². The van der Waals surface area contributed by atoms with Crippen LogP contribution in [0.3, 0.4) is 0 Å². The van der Waals surface area contributed by atoms with Gasteiger partial charge >= 0.3 is 0 Å². The summed E-state index contributed by atoms with van der Waals surface area (Å²) in [5, 5.41) is 13.3. The fraction of sp³-hybridized carbons (Fsp3) is 0.364. The number of rotatable bonds is 4. The number of carbonyl (C=O) groups excluding carboxylic acids is 1. The molecule has 1 amide bonds. The minimum Gasteiger partial charge on any atom is -0.352 e. The molecule has 1 aliphatic rings. The number of nitrogens with one attached hydrogen (secondary N) is 1. The Morgan fingerprint density at radius 2 is 2.11 bits per heavy atom. The molecule has 1 aromatic carbocycles. The summed E-state index contributed by atoms with van der Waals surface area (Å²) in [6.07, 6.45) is 2.23. The molecule has 1 fully saturated rings. The van der Waals surface area contributed by atoms with Crippen LogP contribution < -0.4 is 5.32 Å². The van der Waals surface area contributed by atoms with E-state index in [0.29, 0.717) is 12.5 Å². The Hall–Kier alpha value is -1.33. The molecule has 1 saturated carbocycles. The van der Waals surface area contributed by atoms with Crippen molar-refractivity contribution in [1.29, 1.82) is 0 Å². The van der Waals surface area contributed by atoms with Gasteiger partial charge in [0.2, 0.25) is 0 Å². The zero-order valence-electron chi connectivity index (χ0n) is 9.28. The van der Waals surface area contributed by atoms with Crippen LogP contribution >= 0.6 is 23.2 Å². The SMILES string of the molecule is O=C(NCC1CC1)c1cc(Cl)c(Cl)c([N+](=O)[O-])c1. The average molecular weight is 289 g/mol. The predicted molar refractivity (Wildman–Crippen MR) is 68.2 cm³/mol. The van der Waals surface area contributed by atoms with E-state index >= 15 is 0 Å². The highest BCUT2D eigenvalue weighted by atomic mass is 35.5. The lowest BCUT2D eigenvalue weighted by Crippen LogP contribution is -2.25. The molecule has 1 aromatic rings. The first-order chi connectivity index (χ1) is 8.49. The van der Waals surface area contributed by atoms with Crippen molar-refractivity contribution in [3.63, 3.8) is 0 Å². The van der Waals surface area contributed by atoms with E-state index in [1.54, 1.807) is 0 Å². The number of nitro groups is 1. The normalized spacial score (nSPS) is 14.3. The monoisotopic (exact) mass is 288 g/mol. The van der Waals surface area contributed by atoms with Crippen molar-refractivity contribution in [3.8, 4) is 0 Å². The maximum atomic E-state index is 11.8. The number of hydrogen-bond acceptors (Lipinski definition) is 3. The van der Waals surface area contributed by atoms with Crippen LogP contribution in [0.2, 0.25) is 10.0 Å². The quantitative estimate of drug-likeness (QED) is 0.684.